The molecule has 1 aliphatic heterocycles. The minimum absolute atomic E-state index is 0.0249. The number of hydrogen-bond acceptors (Lipinski definition) is 5. The molecule has 3 rings (SSSR count). The van der Waals surface area contributed by atoms with E-state index < -0.39 is 11.8 Å². The van der Waals surface area contributed by atoms with Gasteiger partial charge in [-0.2, -0.15) is 0 Å². The van der Waals surface area contributed by atoms with Gasteiger partial charge in [-0.3, -0.25) is 19.8 Å². The summed E-state index contributed by atoms with van der Waals surface area (Å²) < 4.78 is 12.2. The molecule has 31 heavy (non-hydrogen) atoms. The highest BCUT2D eigenvalue weighted by molar-refractivity contribution is 14.1. The van der Waals surface area contributed by atoms with Crippen molar-refractivity contribution in [3.8, 4) is 11.5 Å². The number of halogens is 2. The Labute approximate surface area is 204 Å². The Morgan fingerprint density at radius 1 is 1.26 bits per heavy atom. The van der Waals surface area contributed by atoms with E-state index in [0.29, 0.717) is 28.7 Å². The summed E-state index contributed by atoms with van der Waals surface area (Å²) in [6.07, 6.45) is 3.04. The molecule has 0 atom stereocenters. The second kappa shape index (κ2) is 10.3. The third kappa shape index (κ3) is 5.44. The van der Waals surface area contributed by atoms with Crippen LogP contribution in [0.5, 0.6) is 11.5 Å². The standard InChI is InChI=1S/C22H18ClIN2O4S/c1-3-8-26-21(28)16(20(27)25-22(26)31)9-14-10-17(24)19(18(11-14)29-2)30-12-13-4-6-15(23)7-5-13/h3-7,9-11H,1,8,12H2,2H3,(H,25,27,31)/b16-9-. The fraction of sp³-hybridized carbons (Fsp3) is 0.136. The van der Waals surface area contributed by atoms with Crippen molar-refractivity contribution in [2.45, 2.75) is 6.61 Å². The topological polar surface area (TPSA) is 67.9 Å². The van der Waals surface area contributed by atoms with Crippen LogP contribution in [0.25, 0.3) is 6.08 Å². The van der Waals surface area contributed by atoms with Gasteiger partial charge in [-0.1, -0.05) is 29.8 Å². The maximum Gasteiger partial charge on any atom is 0.265 e. The number of carbonyl (C=O) groups excluding carboxylic acids is 2. The van der Waals surface area contributed by atoms with E-state index in [1.807, 2.05) is 12.1 Å². The molecule has 0 aliphatic carbocycles. The highest BCUT2D eigenvalue weighted by Crippen LogP contribution is 2.35. The average molecular weight is 569 g/mol. The zero-order valence-electron chi connectivity index (χ0n) is 16.5. The Kier molecular flexibility index (Phi) is 7.69. The lowest BCUT2D eigenvalue weighted by Crippen LogP contribution is -2.53. The van der Waals surface area contributed by atoms with Crippen LogP contribution in [-0.4, -0.2) is 35.5 Å². The fourth-order valence-corrected chi connectivity index (χ4v) is 4.01. The van der Waals surface area contributed by atoms with Gasteiger partial charge in [0.05, 0.1) is 10.7 Å². The molecule has 9 heteroatoms. The van der Waals surface area contributed by atoms with Crippen molar-refractivity contribution in [2.24, 2.45) is 0 Å². The molecule has 0 unspecified atom stereocenters. The van der Waals surface area contributed by atoms with Crippen LogP contribution >= 0.6 is 46.4 Å². The number of amides is 2. The Morgan fingerprint density at radius 3 is 2.61 bits per heavy atom. The molecule has 1 saturated heterocycles. The van der Waals surface area contributed by atoms with Crippen LogP contribution in [0.3, 0.4) is 0 Å². The van der Waals surface area contributed by atoms with E-state index in [4.69, 9.17) is 33.3 Å². The summed E-state index contributed by atoms with van der Waals surface area (Å²) in [5.41, 5.74) is 1.55. The minimum Gasteiger partial charge on any atom is -0.493 e. The summed E-state index contributed by atoms with van der Waals surface area (Å²) in [4.78, 5) is 26.4. The monoisotopic (exact) mass is 568 g/mol. The van der Waals surface area contributed by atoms with E-state index in [2.05, 4.69) is 34.5 Å². The zero-order valence-corrected chi connectivity index (χ0v) is 20.2. The van der Waals surface area contributed by atoms with Crippen LogP contribution in [0.2, 0.25) is 5.02 Å². The predicted molar refractivity (Wildman–Crippen MR) is 132 cm³/mol. The van der Waals surface area contributed by atoms with E-state index in [-0.39, 0.29) is 17.2 Å². The van der Waals surface area contributed by atoms with Crippen LogP contribution in [-0.2, 0) is 16.2 Å². The number of thiocarbonyl (C=S) groups is 1. The highest BCUT2D eigenvalue weighted by Gasteiger charge is 2.32. The largest absolute Gasteiger partial charge is 0.493 e. The van der Waals surface area contributed by atoms with Gasteiger partial charge in [0.1, 0.15) is 12.2 Å². The summed E-state index contributed by atoms with van der Waals surface area (Å²) in [5.74, 6) is 0.0157. The third-order valence-electron chi connectivity index (χ3n) is 4.36. The molecule has 1 N–H and O–H groups in total. The quantitative estimate of drug-likeness (QED) is 0.177. The molecular weight excluding hydrogens is 551 g/mol. The van der Waals surface area contributed by atoms with E-state index >= 15 is 0 Å². The van der Waals surface area contributed by atoms with Gasteiger partial charge in [-0.25, -0.2) is 0 Å². The van der Waals surface area contributed by atoms with Gasteiger partial charge in [0.2, 0.25) is 0 Å². The number of benzene rings is 2. The van der Waals surface area contributed by atoms with Gasteiger partial charge < -0.3 is 9.47 Å². The lowest BCUT2D eigenvalue weighted by molar-refractivity contribution is -0.128. The first-order valence-electron chi connectivity index (χ1n) is 9.08. The number of hydrogen-bond donors (Lipinski definition) is 1. The van der Waals surface area contributed by atoms with Gasteiger partial charge in [0, 0.05) is 11.6 Å². The molecule has 160 valence electrons. The number of methoxy groups -OCH3 is 1. The lowest BCUT2D eigenvalue weighted by atomic mass is 10.1. The summed E-state index contributed by atoms with van der Waals surface area (Å²) >= 11 is 13.1. The summed E-state index contributed by atoms with van der Waals surface area (Å²) in [7, 11) is 1.53. The van der Waals surface area contributed by atoms with Crippen molar-refractivity contribution in [3.05, 3.63) is 74.3 Å². The lowest BCUT2D eigenvalue weighted by Gasteiger charge is -2.27. The average Bonchev–Trinajstić information content (AvgIpc) is 2.74. The molecule has 2 aromatic carbocycles. The Balaban J connectivity index is 1.88. The molecule has 0 spiro atoms. The van der Waals surface area contributed by atoms with Gasteiger partial charge in [-0.05, 0) is 76.3 Å². The highest BCUT2D eigenvalue weighted by atomic mass is 127. The smallest absolute Gasteiger partial charge is 0.265 e. The molecule has 6 nitrogen and oxygen atoms in total. The van der Waals surface area contributed by atoms with Crippen LogP contribution in [0.1, 0.15) is 11.1 Å². The summed E-state index contributed by atoms with van der Waals surface area (Å²) in [6, 6.07) is 10.9. The van der Waals surface area contributed by atoms with Crippen molar-refractivity contribution >= 4 is 69.4 Å². The van der Waals surface area contributed by atoms with Crippen molar-refractivity contribution in [1.82, 2.24) is 10.2 Å². The SMILES string of the molecule is C=CCN1C(=O)/C(=C\c2cc(I)c(OCc3ccc(Cl)cc3)c(OC)c2)C(=O)NC1=S. The van der Waals surface area contributed by atoms with Crippen LogP contribution < -0.4 is 14.8 Å². The Bertz CT molecular complexity index is 1090. The van der Waals surface area contributed by atoms with Crippen molar-refractivity contribution in [3.63, 3.8) is 0 Å². The maximum atomic E-state index is 12.7. The minimum atomic E-state index is -0.549. The number of ether oxygens (including phenoxy) is 2. The van der Waals surface area contributed by atoms with Crippen LogP contribution in [0, 0.1) is 3.57 Å². The van der Waals surface area contributed by atoms with Crippen LogP contribution in [0.4, 0.5) is 0 Å². The molecule has 1 heterocycles. The van der Waals surface area contributed by atoms with Gasteiger partial charge >= 0.3 is 0 Å². The second-order valence-corrected chi connectivity index (χ2v) is 8.46. The first-order chi connectivity index (χ1) is 14.8. The van der Waals surface area contributed by atoms with Crippen molar-refractivity contribution in [1.29, 1.82) is 0 Å². The Hall–Kier alpha value is -2.43. The van der Waals surface area contributed by atoms with E-state index in [9.17, 15) is 9.59 Å². The van der Waals surface area contributed by atoms with E-state index in [1.165, 1.54) is 24.2 Å². The number of rotatable bonds is 7. The molecule has 0 saturated carbocycles. The second-order valence-electron chi connectivity index (χ2n) is 6.47. The van der Waals surface area contributed by atoms with Crippen molar-refractivity contribution in [2.75, 3.05) is 13.7 Å². The first kappa shape index (κ1) is 23.2. The molecular formula is C22H18ClIN2O4S. The molecule has 1 aliphatic rings. The number of carbonyl (C=O) groups is 2. The fourth-order valence-electron chi connectivity index (χ4n) is 2.85. The molecule has 0 bridgehead atoms. The maximum absolute atomic E-state index is 12.7. The zero-order chi connectivity index (χ0) is 22.5. The number of nitrogens with zero attached hydrogens (tertiary/aromatic N) is 1. The van der Waals surface area contributed by atoms with Gasteiger partial charge in [0.25, 0.3) is 11.8 Å². The first-order valence-corrected chi connectivity index (χ1v) is 10.9. The van der Waals surface area contributed by atoms with Crippen LogP contribution in [0.15, 0.2) is 54.6 Å². The van der Waals surface area contributed by atoms with Gasteiger partial charge in [-0.15, -0.1) is 6.58 Å². The molecule has 2 aromatic rings. The molecule has 2 amide bonds. The van der Waals surface area contributed by atoms with E-state index in [0.717, 1.165) is 9.13 Å². The van der Waals surface area contributed by atoms with Crippen molar-refractivity contribution < 1.29 is 19.1 Å². The van der Waals surface area contributed by atoms with E-state index in [1.54, 1.807) is 24.3 Å². The summed E-state index contributed by atoms with van der Waals surface area (Å²) in [5, 5.41) is 3.24. The number of nitrogens with one attached hydrogen (secondary N) is 1. The molecule has 0 radical (unpaired) electrons. The molecule has 1 fully saturated rings. The normalized spacial score (nSPS) is 15.1. The molecule has 0 aromatic heterocycles. The predicted octanol–water partition coefficient (Wildman–Crippen LogP) is 4.34. The summed E-state index contributed by atoms with van der Waals surface area (Å²) in [6.45, 7) is 4.15. The Morgan fingerprint density at radius 2 is 1.97 bits per heavy atom. The third-order valence-corrected chi connectivity index (χ3v) is 5.73. The van der Waals surface area contributed by atoms with Gasteiger partial charge in [0.15, 0.2) is 16.6 Å².